The SMILES string of the molecule is CCCn1ccc(NC(=O)Cc2ccc(Cl)c(Cl)c2)nc1=O. The lowest BCUT2D eigenvalue weighted by atomic mass is 10.1. The highest BCUT2D eigenvalue weighted by Crippen LogP contribution is 2.22. The lowest BCUT2D eigenvalue weighted by Crippen LogP contribution is -2.25. The lowest BCUT2D eigenvalue weighted by molar-refractivity contribution is -0.115. The van der Waals surface area contributed by atoms with E-state index in [1.54, 1.807) is 30.5 Å². The van der Waals surface area contributed by atoms with Crippen molar-refractivity contribution in [1.29, 1.82) is 0 Å². The number of carbonyl (C=O) groups is 1. The maximum Gasteiger partial charge on any atom is 0.349 e. The minimum Gasteiger partial charge on any atom is -0.310 e. The summed E-state index contributed by atoms with van der Waals surface area (Å²) in [5.74, 6) is -0.0408. The summed E-state index contributed by atoms with van der Waals surface area (Å²) >= 11 is 11.7. The van der Waals surface area contributed by atoms with Gasteiger partial charge in [0.2, 0.25) is 5.91 Å². The average Bonchev–Trinajstić information content (AvgIpc) is 2.46. The summed E-state index contributed by atoms with van der Waals surface area (Å²) in [5, 5.41) is 3.43. The first-order chi connectivity index (χ1) is 10.5. The van der Waals surface area contributed by atoms with Crippen LogP contribution in [0.25, 0.3) is 0 Å². The van der Waals surface area contributed by atoms with Gasteiger partial charge in [-0.05, 0) is 30.2 Å². The number of carbonyl (C=O) groups excluding carboxylic acids is 1. The third-order valence-corrected chi connectivity index (χ3v) is 3.69. The Labute approximate surface area is 137 Å². The van der Waals surface area contributed by atoms with Crippen LogP contribution >= 0.6 is 23.2 Å². The third-order valence-electron chi connectivity index (χ3n) is 2.95. The summed E-state index contributed by atoms with van der Waals surface area (Å²) in [7, 11) is 0. The van der Waals surface area contributed by atoms with Crippen LogP contribution in [0.15, 0.2) is 35.3 Å². The molecule has 0 fully saturated rings. The number of benzene rings is 1. The Balaban J connectivity index is 2.04. The van der Waals surface area contributed by atoms with Gasteiger partial charge < -0.3 is 5.32 Å². The predicted molar refractivity (Wildman–Crippen MR) is 87.6 cm³/mol. The first kappa shape index (κ1) is 16.5. The van der Waals surface area contributed by atoms with E-state index in [1.165, 1.54) is 4.57 Å². The van der Waals surface area contributed by atoms with Crippen LogP contribution < -0.4 is 11.0 Å². The molecule has 1 heterocycles. The zero-order valence-corrected chi connectivity index (χ0v) is 13.5. The Morgan fingerprint density at radius 2 is 2.05 bits per heavy atom. The van der Waals surface area contributed by atoms with Gasteiger partial charge in [0.25, 0.3) is 0 Å². The van der Waals surface area contributed by atoms with E-state index >= 15 is 0 Å². The molecule has 0 spiro atoms. The van der Waals surface area contributed by atoms with E-state index in [0.717, 1.165) is 12.0 Å². The normalized spacial score (nSPS) is 10.5. The van der Waals surface area contributed by atoms with Crippen LogP contribution in [-0.2, 0) is 17.8 Å². The number of amides is 1. The number of halogens is 2. The van der Waals surface area contributed by atoms with Crippen LogP contribution in [-0.4, -0.2) is 15.5 Å². The highest BCUT2D eigenvalue weighted by molar-refractivity contribution is 6.42. The molecule has 1 aromatic heterocycles. The molecule has 7 heteroatoms. The van der Waals surface area contributed by atoms with Crippen LogP contribution in [0.2, 0.25) is 10.0 Å². The third kappa shape index (κ3) is 4.32. The van der Waals surface area contributed by atoms with Crippen LogP contribution in [0, 0.1) is 0 Å². The minimum atomic E-state index is -0.380. The van der Waals surface area contributed by atoms with E-state index in [-0.39, 0.29) is 23.8 Å². The quantitative estimate of drug-likeness (QED) is 0.909. The van der Waals surface area contributed by atoms with E-state index in [1.807, 2.05) is 6.92 Å². The average molecular weight is 340 g/mol. The zero-order valence-electron chi connectivity index (χ0n) is 12.0. The van der Waals surface area contributed by atoms with Gasteiger partial charge in [-0.25, -0.2) is 4.79 Å². The molecule has 2 aromatic rings. The molecule has 1 aromatic carbocycles. The van der Waals surface area contributed by atoms with Crippen molar-refractivity contribution in [1.82, 2.24) is 9.55 Å². The monoisotopic (exact) mass is 339 g/mol. The van der Waals surface area contributed by atoms with E-state index in [9.17, 15) is 9.59 Å². The molecule has 0 aliphatic rings. The Morgan fingerprint density at radius 1 is 1.27 bits per heavy atom. The summed E-state index contributed by atoms with van der Waals surface area (Å²) in [6.07, 6.45) is 2.58. The first-order valence-electron chi connectivity index (χ1n) is 6.81. The van der Waals surface area contributed by atoms with Crippen molar-refractivity contribution in [2.75, 3.05) is 5.32 Å². The molecule has 0 atom stereocenters. The molecule has 0 unspecified atom stereocenters. The number of nitrogens with one attached hydrogen (secondary N) is 1. The second-order valence-corrected chi connectivity index (χ2v) is 5.58. The standard InChI is InChI=1S/C15H15Cl2N3O2/c1-2-6-20-7-5-13(19-15(20)22)18-14(21)9-10-3-4-11(16)12(17)8-10/h3-5,7-8H,2,6,9H2,1H3,(H,18,19,21,22). The fraction of sp³-hybridized carbons (Fsp3) is 0.267. The van der Waals surface area contributed by atoms with Crippen molar-refractivity contribution in [3.05, 3.63) is 56.6 Å². The van der Waals surface area contributed by atoms with Gasteiger partial charge in [0.1, 0.15) is 5.82 Å². The number of nitrogens with zero attached hydrogens (tertiary/aromatic N) is 2. The van der Waals surface area contributed by atoms with Crippen molar-refractivity contribution in [2.45, 2.75) is 26.3 Å². The van der Waals surface area contributed by atoms with Gasteiger partial charge in [0.05, 0.1) is 16.5 Å². The van der Waals surface area contributed by atoms with Gasteiger partial charge in [0.15, 0.2) is 0 Å². The van der Waals surface area contributed by atoms with Gasteiger partial charge in [-0.2, -0.15) is 4.98 Å². The number of rotatable bonds is 5. The second kappa shape index (κ2) is 7.42. The molecule has 0 saturated carbocycles. The number of aromatic nitrogens is 2. The minimum absolute atomic E-state index is 0.122. The molecule has 0 aliphatic carbocycles. The molecule has 5 nitrogen and oxygen atoms in total. The van der Waals surface area contributed by atoms with Gasteiger partial charge in [0, 0.05) is 12.7 Å². The molecule has 0 aliphatic heterocycles. The van der Waals surface area contributed by atoms with E-state index in [2.05, 4.69) is 10.3 Å². The molecular weight excluding hydrogens is 325 g/mol. The van der Waals surface area contributed by atoms with Crippen LogP contribution in [0.4, 0.5) is 5.82 Å². The lowest BCUT2D eigenvalue weighted by Gasteiger charge is -2.07. The number of hydrogen-bond donors (Lipinski definition) is 1. The topological polar surface area (TPSA) is 64.0 Å². The van der Waals surface area contributed by atoms with E-state index < -0.39 is 0 Å². The molecule has 0 radical (unpaired) electrons. The molecule has 1 N–H and O–H groups in total. The van der Waals surface area contributed by atoms with Crippen molar-refractivity contribution < 1.29 is 4.79 Å². The molecule has 1 amide bonds. The Morgan fingerprint density at radius 3 is 2.68 bits per heavy atom. The Bertz CT molecular complexity index is 744. The summed E-state index contributed by atoms with van der Waals surface area (Å²) in [5.41, 5.74) is 0.348. The van der Waals surface area contributed by atoms with Gasteiger partial charge in [-0.3, -0.25) is 9.36 Å². The molecular formula is C15H15Cl2N3O2. The second-order valence-electron chi connectivity index (χ2n) is 4.76. The van der Waals surface area contributed by atoms with Crippen LogP contribution in [0.3, 0.4) is 0 Å². The summed E-state index contributed by atoms with van der Waals surface area (Å²) in [6, 6.07) is 6.59. The van der Waals surface area contributed by atoms with Crippen molar-refractivity contribution in [3.63, 3.8) is 0 Å². The van der Waals surface area contributed by atoms with Crippen LogP contribution in [0.1, 0.15) is 18.9 Å². The van der Waals surface area contributed by atoms with E-state index in [0.29, 0.717) is 16.6 Å². The first-order valence-corrected chi connectivity index (χ1v) is 7.56. The van der Waals surface area contributed by atoms with Crippen molar-refractivity contribution >= 4 is 34.9 Å². The van der Waals surface area contributed by atoms with Gasteiger partial charge in [-0.1, -0.05) is 36.2 Å². The van der Waals surface area contributed by atoms with Crippen LogP contribution in [0.5, 0.6) is 0 Å². The van der Waals surface area contributed by atoms with Crippen molar-refractivity contribution in [3.8, 4) is 0 Å². The van der Waals surface area contributed by atoms with Gasteiger partial charge in [-0.15, -0.1) is 0 Å². The Hall–Kier alpha value is -1.85. The fourth-order valence-electron chi connectivity index (χ4n) is 1.93. The maximum atomic E-state index is 12.0. The van der Waals surface area contributed by atoms with E-state index in [4.69, 9.17) is 23.2 Å². The molecule has 2 rings (SSSR count). The highest BCUT2D eigenvalue weighted by Gasteiger charge is 2.08. The maximum absolute atomic E-state index is 12.0. The predicted octanol–water partition coefficient (Wildman–Crippen LogP) is 3.14. The summed E-state index contributed by atoms with van der Waals surface area (Å²) in [4.78, 5) is 27.5. The highest BCUT2D eigenvalue weighted by atomic mass is 35.5. The van der Waals surface area contributed by atoms with Gasteiger partial charge >= 0.3 is 5.69 Å². The Kier molecular flexibility index (Phi) is 5.57. The molecule has 116 valence electrons. The number of hydrogen-bond acceptors (Lipinski definition) is 3. The number of anilines is 1. The smallest absolute Gasteiger partial charge is 0.310 e. The molecule has 0 bridgehead atoms. The molecule has 0 saturated heterocycles. The summed E-state index contributed by atoms with van der Waals surface area (Å²) in [6.45, 7) is 2.57. The number of aryl methyl sites for hydroxylation is 1. The fourth-order valence-corrected chi connectivity index (χ4v) is 2.25. The summed E-state index contributed by atoms with van der Waals surface area (Å²) < 4.78 is 1.49. The molecule has 22 heavy (non-hydrogen) atoms. The zero-order chi connectivity index (χ0) is 16.1. The van der Waals surface area contributed by atoms with Crippen molar-refractivity contribution in [2.24, 2.45) is 0 Å². The largest absolute Gasteiger partial charge is 0.349 e.